The lowest BCUT2D eigenvalue weighted by molar-refractivity contribution is 1.05. The quantitative estimate of drug-likeness (QED) is 0.494. The molecular weight excluding hydrogens is 302 g/mol. The van der Waals surface area contributed by atoms with Gasteiger partial charge in [-0.25, -0.2) is 0 Å². The molecule has 0 heterocycles. The maximum atomic E-state index is 5.32. The molecule has 4 heteroatoms. The Bertz CT molecular complexity index is 720. The van der Waals surface area contributed by atoms with Crippen molar-refractivity contribution in [2.45, 2.75) is 34.6 Å². The van der Waals surface area contributed by atoms with Crippen LogP contribution in [0.4, 0.5) is 5.69 Å². The molecule has 2 rings (SSSR count). The standard InChI is InChI=1S/C19H23N3S/c1-12-9-15(4)17(16(5)10-12)11-20-22-19(23)21-18-13(2)7-6-8-14(18)3/h6-11H,1-5H3,(H2,21,22,23)/b20-11-. The summed E-state index contributed by atoms with van der Waals surface area (Å²) in [6.45, 7) is 10.4. The van der Waals surface area contributed by atoms with Gasteiger partial charge in [0.1, 0.15) is 0 Å². The molecule has 3 nitrogen and oxygen atoms in total. The lowest BCUT2D eigenvalue weighted by Gasteiger charge is -2.12. The van der Waals surface area contributed by atoms with Gasteiger partial charge in [0.15, 0.2) is 5.11 Å². The minimum atomic E-state index is 0.487. The Morgan fingerprint density at radius 1 is 0.957 bits per heavy atom. The van der Waals surface area contributed by atoms with Gasteiger partial charge < -0.3 is 5.32 Å². The van der Waals surface area contributed by atoms with Crippen LogP contribution >= 0.6 is 12.2 Å². The Hall–Kier alpha value is -2.20. The summed E-state index contributed by atoms with van der Waals surface area (Å²) in [4.78, 5) is 0. The number of hydrazone groups is 1. The number of thiocarbonyl (C=S) groups is 1. The second-order valence-electron chi connectivity index (χ2n) is 5.90. The van der Waals surface area contributed by atoms with Gasteiger partial charge in [-0.05, 0) is 69.1 Å². The number of rotatable bonds is 3. The molecule has 0 aliphatic carbocycles. The molecule has 0 aliphatic heterocycles. The van der Waals surface area contributed by atoms with Gasteiger partial charge in [0.25, 0.3) is 0 Å². The van der Waals surface area contributed by atoms with Crippen molar-refractivity contribution in [3.8, 4) is 0 Å². The number of nitrogens with one attached hydrogen (secondary N) is 2. The Morgan fingerprint density at radius 3 is 2.09 bits per heavy atom. The lowest BCUT2D eigenvalue weighted by atomic mass is 10.0. The van der Waals surface area contributed by atoms with Gasteiger partial charge in [-0.15, -0.1) is 0 Å². The normalized spacial score (nSPS) is 10.8. The van der Waals surface area contributed by atoms with E-state index in [4.69, 9.17) is 12.2 Å². The summed E-state index contributed by atoms with van der Waals surface area (Å²) in [5.74, 6) is 0. The van der Waals surface area contributed by atoms with Crippen LogP contribution in [-0.4, -0.2) is 11.3 Å². The second-order valence-corrected chi connectivity index (χ2v) is 6.31. The van der Waals surface area contributed by atoms with Crippen LogP contribution in [0.2, 0.25) is 0 Å². The summed E-state index contributed by atoms with van der Waals surface area (Å²) in [5.41, 5.74) is 11.0. The van der Waals surface area contributed by atoms with E-state index in [1.807, 2.05) is 12.3 Å². The fourth-order valence-electron chi connectivity index (χ4n) is 2.70. The van der Waals surface area contributed by atoms with Crippen LogP contribution < -0.4 is 10.7 Å². The van der Waals surface area contributed by atoms with E-state index in [1.54, 1.807) is 0 Å². The van der Waals surface area contributed by atoms with Crippen molar-refractivity contribution in [3.63, 3.8) is 0 Å². The Kier molecular flexibility index (Phi) is 5.50. The van der Waals surface area contributed by atoms with E-state index in [2.05, 4.69) is 74.7 Å². The summed E-state index contributed by atoms with van der Waals surface area (Å²) in [7, 11) is 0. The van der Waals surface area contributed by atoms with Crippen LogP contribution in [0.25, 0.3) is 0 Å². The molecular formula is C19H23N3S. The predicted octanol–water partition coefficient (Wildman–Crippen LogP) is 4.55. The number of aryl methyl sites for hydroxylation is 5. The summed E-state index contributed by atoms with van der Waals surface area (Å²) < 4.78 is 0. The topological polar surface area (TPSA) is 36.4 Å². The van der Waals surface area contributed by atoms with Crippen LogP contribution in [0.3, 0.4) is 0 Å². The van der Waals surface area contributed by atoms with Crippen LogP contribution in [0.15, 0.2) is 35.4 Å². The van der Waals surface area contributed by atoms with E-state index in [9.17, 15) is 0 Å². The Labute approximate surface area is 143 Å². The van der Waals surface area contributed by atoms with E-state index in [1.165, 1.54) is 16.7 Å². The summed E-state index contributed by atoms with van der Waals surface area (Å²) in [5, 5.41) is 7.97. The van der Waals surface area contributed by atoms with Gasteiger partial charge in [-0.2, -0.15) is 5.10 Å². The highest BCUT2D eigenvalue weighted by atomic mass is 32.1. The van der Waals surface area contributed by atoms with Gasteiger partial charge in [0.2, 0.25) is 0 Å². The first kappa shape index (κ1) is 17.2. The van der Waals surface area contributed by atoms with Crippen molar-refractivity contribution < 1.29 is 0 Å². The van der Waals surface area contributed by atoms with Gasteiger partial charge in [-0.3, -0.25) is 5.43 Å². The van der Waals surface area contributed by atoms with Crippen molar-refractivity contribution in [3.05, 3.63) is 63.7 Å². The fourth-order valence-corrected chi connectivity index (χ4v) is 2.86. The summed E-state index contributed by atoms with van der Waals surface area (Å²) in [6.07, 6.45) is 1.82. The number of anilines is 1. The van der Waals surface area contributed by atoms with E-state index in [0.717, 1.165) is 22.4 Å². The Balaban J connectivity index is 2.05. The number of para-hydroxylation sites is 1. The number of hydrogen-bond acceptors (Lipinski definition) is 2. The molecule has 0 saturated carbocycles. The maximum absolute atomic E-state index is 5.32. The molecule has 2 N–H and O–H groups in total. The largest absolute Gasteiger partial charge is 0.331 e. The van der Waals surface area contributed by atoms with Crippen molar-refractivity contribution in [1.82, 2.24) is 5.43 Å². The van der Waals surface area contributed by atoms with Crippen molar-refractivity contribution in [1.29, 1.82) is 0 Å². The average molecular weight is 325 g/mol. The third-order valence-electron chi connectivity index (χ3n) is 3.82. The van der Waals surface area contributed by atoms with E-state index in [0.29, 0.717) is 5.11 Å². The van der Waals surface area contributed by atoms with Crippen molar-refractivity contribution in [2.75, 3.05) is 5.32 Å². The third kappa shape index (κ3) is 4.39. The molecule has 0 fully saturated rings. The first-order valence-electron chi connectivity index (χ1n) is 7.62. The molecule has 0 aliphatic rings. The molecule has 0 unspecified atom stereocenters. The lowest BCUT2D eigenvalue weighted by Crippen LogP contribution is -2.24. The maximum Gasteiger partial charge on any atom is 0.191 e. The molecule has 0 aromatic heterocycles. The molecule has 0 spiro atoms. The molecule has 2 aromatic rings. The van der Waals surface area contributed by atoms with Crippen molar-refractivity contribution >= 4 is 29.2 Å². The van der Waals surface area contributed by atoms with E-state index < -0.39 is 0 Å². The second kappa shape index (κ2) is 7.38. The number of hydrogen-bond donors (Lipinski definition) is 2. The fraction of sp³-hybridized carbons (Fsp3) is 0.263. The minimum absolute atomic E-state index is 0.487. The molecule has 0 radical (unpaired) electrons. The molecule has 23 heavy (non-hydrogen) atoms. The zero-order valence-corrected chi connectivity index (χ0v) is 15.1. The van der Waals surface area contributed by atoms with Crippen molar-refractivity contribution in [2.24, 2.45) is 5.10 Å². The van der Waals surface area contributed by atoms with Gasteiger partial charge in [0.05, 0.1) is 6.21 Å². The number of nitrogens with zero attached hydrogens (tertiary/aromatic N) is 1. The number of benzene rings is 2. The zero-order valence-electron chi connectivity index (χ0n) is 14.3. The monoisotopic (exact) mass is 325 g/mol. The van der Waals surface area contributed by atoms with E-state index in [-0.39, 0.29) is 0 Å². The highest BCUT2D eigenvalue weighted by molar-refractivity contribution is 7.80. The SMILES string of the molecule is Cc1cc(C)c(/C=N\NC(=S)Nc2c(C)cccc2C)c(C)c1. The minimum Gasteiger partial charge on any atom is -0.331 e. The molecule has 0 saturated heterocycles. The average Bonchev–Trinajstić information content (AvgIpc) is 2.46. The first-order valence-corrected chi connectivity index (χ1v) is 8.03. The van der Waals surface area contributed by atoms with Crippen LogP contribution in [0.5, 0.6) is 0 Å². The first-order chi connectivity index (χ1) is 10.9. The molecule has 0 amide bonds. The van der Waals surface area contributed by atoms with Gasteiger partial charge in [-0.1, -0.05) is 35.9 Å². The molecule has 120 valence electrons. The van der Waals surface area contributed by atoms with Crippen LogP contribution in [0.1, 0.15) is 33.4 Å². The zero-order chi connectivity index (χ0) is 17.0. The third-order valence-corrected chi connectivity index (χ3v) is 4.01. The van der Waals surface area contributed by atoms with Crippen LogP contribution in [-0.2, 0) is 0 Å². The smallest absolute Gasteiger partial charge is 0.191 e. The Morgan fingerprint density at radius 2 is 1.52 bits per heavy atom. The summed E-state index contributed by atoms with van der Waals surface area (Å²) in [6, 6.07) is 10.5. The van der Waals surface area contributed by atoms with Crippen LogP contribution in [0, 0.1) is 34.6 Å². The van der Waals surface area contributed by atoms with Gasteiger partial charge >= 0.3 is 0 Å². The molecule has 0 bridgehead atoms. The highest BCUT2D eigenvalue weighted by Gasteiger charge is 2.04. The van der Waals surface area contributed by atoms with E-state index >= 15 is 0 Å². The van der Waals surface area contributed by atoms with Gasteiger partial charge in [0, 0.05) is 11.3 Å². The molecule has 2 aromatic carbocycles. The predicted molar refractivity (Wildman–Crippen MR) is 104 cm³/mol. The summed E-state index contributed by atoms with van der Waals surface area (Å²) >= 11 is 5.32. The molecule has 0 atom stereocenters. The highest BCUT2D eigenvalue weighted by Crippen LogP contribution is 2.19.